The Kier molecular flexibility index (Phi) is 2.96. The largest absolute Gasteiger partial charge is 0.392 e. The van der Waals surface area contributed by atoms with Crippen molar-refractivity contribution in [3.8, 4) is 0 Å². The van der Waals surface area contributed by atoms with E-state index in [-0.39, 0.29) is 17.6 Å². The van der Waals surface area contributed by atoms with E-state index in [2.05, 4.69) is 15.5 Å². The molecule has 8 heteroatoms. The SMILES string of the molecule is CS(=O)(=O)Cc1noc([C@@H]2C[C@H](O)CN2)n1. The van der Waals surface area contributed by atoms with Crippen LogP contribution in [0.4, 0.5) is 0 Å². The summed E-state index contributed by atoms with van der Waals surface area (Å²) in [5.41, 5.74) is 0. The Balaban J connectivity index is 2.08. The molecule has 2 atom stereocenters. The summed E-state index contributed by atoms with van der Waals surface area (Å²) in [6.07, 6.45) is 1.19. The maximum Gasteiger partial charge on any atom is 0.243 e. The average molecular weight is 247 g/mol. The third kappa shape index (κ3) is 2.77. The number of nitrogens with zero attached hydrogens (tertiary/aromatic N) is 2. The van der Waals surface area contributed by atoms with Gasteiger partial charge in [0.2, 0.25) is 5.89 Å². The molecule has 7 nitrogen and oxygen atoms in total. The van der Waals surface area contributed by atoms with Gasteiger partial charge in [0.1, 0.15) is 5.75 Å². The first-order chi connectivity index (χ1) is 7.44. The monoisotopic (exact) mass is 247 g/mol. The number of hydrogen-bond acceptors (Lipinski definition) is 7. The summed E-state index contributed by atoms with van der Waals surface area (Å²) in [5, 5.41) is 15.9. The Morgan fingerprint density at radius 2 is 2.38 bits per heavy atom. The van der Waals surface area contributed by atoms with Crippen molar-refractivity contribution in [1.29, 1.82) is 0 Å². The van der Waals surface area contributed by atoms with Gasteiger partial charge in [-0.05, 0) is 6.42 Å². The molecule has 0 amide bonds. The molecule has 2 rings (SSSR count). The molecular formula is C8H13N3O4S. The van der Waals surface area contributed by atoms with Crippen LogP contribution in [0.15, 0.2) is 4.52 Å². The summed E-state index contributed by atoms with van der Waals surface area (Å²) in [7, 11) is -3.15. The van der Waals surface area contributed by atoms with Crippen LogP contribution in [0.5, 0.6) is 0 Å². The van der Waals surface area contributed by atoms with Gasteiger partial charge in [0, 0.05) is 12.8 Å². The molecule has 0 unspecified atom stereocenters. The zero-order valence-corrected chi connectivity index (χ0v) is 9.57. The highest BCUT2D eigenvalue weighted by Crippen LogP contribution is 2.21. The molecule has 0 aromatic carbocycles. The lowest BCUT2D eigenvalue weighted by molar-refractivity contribution is 0.191. The quantitative estimate of drug-likeness (QED) is 0.706. The van der Waals surface area contributed by atoms with E-state index in [1.54, 1.807) is 0 Å². The molecule has 0 aliphatic carbocycles. The van der Waals surface area contributed by atoms with Crippen molar-refractivity contribution in [2.45, 2.75) is 24.3 Å². The first-order valence-corrected chi connectivity index (χ1v) is 6.92. The molecule has 1 aliphatic rings. The molecule has 0 radical (unpaired) electrons. The molecule has 0 saturated carbocycles. The summed E-state index contributed by atoms with van der Waals surface area (Å²) < 4.78 is 27.0. The molecule has 1 aromatic heterocycles. The maximum atomic E-state index is 11.0. The molecule has 2 N–H and O–H groups in total. The average Bonchev–Trinajstić information content (AvgIpc) is 2.71. The molecule has 0 bridgehead atoms. The number of aliphatic hydroxyl groups excluding tert-OH is 1. The van der Waals surface area contributed by atoms with Gasteiger partial charge in [0.05, 0.1) is 12.1 Å². The second kappa shape index (κ2) is 4.11. The van der Waals surface area contributed by atoms with Gasteiger partial charge in [-0.1, -0.05) is 5.16 Å². The van der Waals surface area contributed by atoms with Crippen LogP contribution in [0.3, 0.4) is 0 Å². The van der Waals surface area contributed by atoms with E-state index in [1.807, 2.05) is 0 Å². The van der Waals surface area contributed by atoms with Gasteiger partial charge >= 0.3 is 0 Å². The standard InChI is InChI=1S/C8H13N3O4S/c1-16(13,14)4-7-10-8(15-11-7)6-2-5(12)3-9-6/h5-6,9,12H,2-4H2,1H3/t5-,6-/m0/s1. The molecule has 2 heterocycles. The van der Waals surface area contributed by atoms with Crippen LogP contribution in [0.1, 0.15) is 24.2 Å². The third-order valence-electron chi connectivity index (χ3n) is 2.28. The predicted molar refractivity (Wildman–Crippen MR) is 54.2 cm³/mol. The van der Waals surface area contributed by atoms with E-state index in [9.17, 15) is 13.5 Å². The fourth-order valence-electron chi connectivity index (χ4n) is 1.61. The summed E-state index contributed by atoms with van der Waals surface area (Å²) in [6.45, 7) is 0.481. The maximum absolute atomic E-state index is 11.0. The number of nitrogens with one attached hydrogen (secondary N) is 1. The van der Waals surface area contributed by atoms with Crippen LogP contribution >= 0.6 is 0 Å². The van der Waals surface area contributed by atoms with Crippen molar-refractivity contribution < 1.29 is 18.0 Å². The fourth-order valence-corrected chi connectivity index (χ4v) is 2.19. The Morgan fingerprint density at radius 1 is 1.62 bits per heavy atom. The smallest absolute Gasteiger partial charge is 0.243 e. The van der Waals surface area contributed by atoms with Crippen LogP contribution in [0.2, 0.25) is 0 Å². The van der Waals surface area contributed by atoms with E-state index < -0.39 is 15.9 Å². The second-order valence-corrected chi connectivity index (χ2v) is 6.11. The molecule has 90 valence electrons. The topological polar surface area (TPSA) is 105 Å². The van der Waals surface area contributed by atoms with Gasteiger partial charge < -0.3 is 14.9 Å². The number of aromatic nitrogens is 2. The molecule has 0 spiro atoms. The zero-order chi connectivity index (χ0) is 11.8. The normalized spacial score (nSPS) is 26.1. The summed E-state index contributed by atoms with van der Waals surface area (Å²) in [4.78, 5) is 3.98. The Hall–Kier alpha value is -0.990. The Bertz CT molecular complexity index is 469. The minimum Gasteiger partial charge on any atom is -0.392 e. The molecule has 1 fully saturated rings. The number of hydrogen-bond donors (Lipinski definition) is 2. The summed E-state index contributed by atoms with van der Waals surface area (Å²) in [5.74, 6) is 0.252. The van der Waals surface area contributed by atoms with Crippen LogP contribution < -0.4 is 5.32 Å². The minimum absolute atomic E-state index is 0.153. The minimum atomic E-state index is -3.15. The lowest BCUT2D eigenvalue weighted by atomic mass is 10.2. The van der Waals surface area contributed by atoms with Gasteiger partial charge in [0.15, 0.2) is 15.7 Å². The summed E-state index contributed by atoms with van der Waals surface area (Å²) in [6, 6.07) is -0.184. The summed E-state index contributed by atoms with van der Waals surface area (Å²) >= 11 is 0. The van der Waals surface area contributed by atoms with E-state index in [0.717, 1.165) is 6.26 Å². The Morgan fingerprint density at radius 3 is 2.94 bits per heavy atom. The number of aliphatic hydroxyl groups is 1. The van der Waals surface area contributed by atoms with Gasteiger partial charge in [-0.15, -0.1) is 0 Å². The number of sulfone groups is 1. The van der Waals surface area contributed by atoms with Gasteiger partial charge in [-0.25, -0.2) is 8.42 Å². The van der Waals surface area contributed by atoms with Gasteiger partial charge in [-0.3, -0.25) is 0 Å². The van der Waals surface area contributed by atoms with E-state index >= 15 is 0 Å². The fraction of sp³-hybridized carbons (Fsp3) is 0.750. The lowest BCUT2D eigenvalue weighted by Gasteiger charge is -2.01. The molecule has 1 aromatic rings. The number of β-amino-alcohol motifs (C(OH)–C–C–N with tert-alkyl or cyclic N) is 1. The first-order valence-electron chi connectivity index (χ1n) is 4.86. The molecule has 16 heavy (non-hydrogen) atoms. The van der Waals surface area contributed by atoms with Crippen molar-refractivity contribution in [1.82, 2.24) is 15.5 Å². The second-order valence-electron chi connectivity index (χ2n) is 3.97. The highest BCUT2D eigenvalue weighted by atomic mass is 32.2. The number of rotatable bonds is 3. The van der Waals surface area contributed by atoms with Crippen molar-refractivity contribution in [3.63, 3.8) is 0 Å². The van der Waals surface area contributed by atoms with E-state index in [1.165, 1.54) is 0 Å². The van der Waals surface area contributed by atoms with Crippen LogP contribution in [0, 0.1) is 0 Å². The van der Waals surface area contributed by atoms with Gasteiger partial charge in [-0.2, -0.15) is 4.98 Å². The van der Waals surface area contributed by atoms with Crippen molar-refractivity contribution in [3.05, 3.63) is 11.7 Å². The van der Waals surface area contributed by atoms with E-state index in [4.69, 9.17) is 4.52 Å². The first kappa shape index (κ1) is 11.5. The van der Waals surface area contributed by atoms with Crippen molar-refractivity contribution >= 4 is 9.84 Å². The molecule has 1 saturated heterocycles. The molecular weight excluding hydrogens is 234 g/mol. The Labute approximate surface area is 92.8 Å². The van der Waals surface area contributed by atoms with Crippen molar-refractivity contribution in [2.24, 2.45) is 0 Å². The zero-order valence-electron chi connectivity index (χ0n) is 8.75. The van der Waals surface area contributed by atoms with Crippen LogP contribution in [-0.4, -0.2) is 42.6 Å². The third-order valence-corrected chi connectivity index (χ3v) is 3.06. The highest BCUT2D eigenvalue weighted by molar-refractivity contribution is 7.89. The van der Waals surface area contributed by atoms with Gasteiger partial charge in [0.25, 0.3) is 0 Å². The predicted octanol–water partition coefficient (Wildman–Crippen LogP) is -0.990. The molecule has 1 aliphatic heterocycles. The van der Waals surface area contributed by atoms with Crippen LogP contribution in [-0.2, 0) is 15.6 Å². The van der Waals surface area contributed by atoms with Crippen LogP contribution in [0.25, 0.3) is 0 Å². The van der Waals surface area contributed by atoms with E-state index in [0.29, 0.717) is 18.9 Å². The lowest BCUT2D eigenvalue weighted by Crippen LogP contribution is -2.15. The highest BCUT2D eigenvalue weighted by Gasteiger charge is 2.28. The van der Waals surface area contributed by atoms with Crippen molar-refractivity contribution in [2.75, 3.05) is 12.8 Å².